The van der Waals surface area contributed by atoms with Crippen LogP contribution in [0, 0.1) is 0 Å². The van der Waals surface area contributed by atoms with Gasteiger partial charge in [-0.3, -0.25) is 4.79 Å². The van der Waals surface area contributed by atoms with Crippen molar-refractivity contribution in [2.24, 2.45) is 0 Å². The summed E-state index contributed by atoms with van der Waals surface area (Å²) in [4.78, 5) is 13.0. The molecule has 0 unspecified atom stereocenters. The van der Waals surface area contributed by atoms with Crippen LogP contribution in [0.25, 0.3) is 0 Å². The molecule has 0 spiro atoms. The second-order valence-corrected chi connectivity index (χ2v) is 5.87. The molecule has 0 aromatic heterocycles. The average molecular weight is 351 g/mol. The third-order valence-electron chi connectivity index (χ3n) is 2.67. The number of carbonyl (C=O) groups is 1. The minimum Gasteiger partial charge on any atom is -0.375 e. The molecule has 104 valence electrons. The molecule has 2 rings (SSSR count). The molecule has 0 saturated carbocycles. The lowest BCUT2D eigenvalue weighted by atomic mass is 10.3. The number of anilines is 2. The van der Waals surface area contributed by atoms with Gasteiger partial charge in [-0.25, -0.2) is 0 Å². The lowest BCUT2D eigenvalue weighted by Gasteiger charge is -2.10. The molecule has 2 N–H and O–H groups in total. The molecular weight excluding hydrogens is 336 g/mol. The normalized spacial score (nSPS) is 10.1. The van der Waals surface area contributed by atoms with Gasteiger partial charge in [0.2, 0.25) is 5.91 Å². The van der Waals surface area contributed by atoms with Crippen LogP contribution in [0.5, 0.6) is 0 Å². The Kier molecular flexibility index (Phi) is 5.49. The van der Waals surface area contributed by atoms with E-state index in [-0.39, 0.29) is 12.5 Å². The fourth-order valence-corrected chi connectivity index (χ4v) is 2.54. The lowest BCUT2D eigenvalue weighted by molar-refractivity contribution is -0.114. The van der Waals surface area contributed by atoms with Gasteiger partial charge in [0.05, 0.1) is 6.54 Å². The average Bonchev–Trinajstić information content (AvgIpc) is 2.48. The highest BCUT2D eigenvalue weighted by Crippen LogP contribution is 2.24. The zero-order valence-corrected chi connectivity index (χ0v) is 13.4. The molecule has 2 aromatic rings. The van der Waals surface area contributed by atoms with Gasteiger partial charge in [-0.2, -0.15) is 0 Å². The van der Waals surface area contributed by atoms with E-state index in [9.17, 15) is 4.79 Å². The number of amides is 1. The first kappa shape index (κ1) is 14.9. The van der Waals surface area contributed by atoms with Crippen molar-refractivity contribution in [3.63, 3.8) is 0 Å². The molecule has 0 fully saturated rings. The van der Waals surface area contributed by atoms with Crippen LogP contribution in [-0.4, -0.2) is 18.7 Å². The van der Waals surface area contributed by atoms with Crippen LogP contribution in [0.2, 0.25) is 0 Å². The van der Waals surface area contributed by atoms with Gasteiger partial charge < -0.3 is 10.6 Å². The molecule has 0 aliphatic heterocycles. The number of hydrogen-bond acceptors (Lipinski definition) is 3. The van der Waals surface area contributed by atoms with Gasteiger partial charge in [-0.1, -0.05) is 28.1 Å². The van der Waals surface area contributed by atoms with Gasteiger partial charge in [0.25, 0.3) is 0 Å². The Balaban J connectivity index is 1.90. The van der Waals surface area contributed by atoms with E-state index in [0.717, 1.165) is 20.7 Å². The maximum absolute atomic E-state index is 11.9. The summed E-state index contributed by atoms with van der Waals surface area (Å²) < 4.78 is 0.988. The Hall–Kier alpha value is -1.46. The third kappa shape index (κ3) is 4.28. The number of nitrogens with one attached hydrogen (secondary N) is 2. The second-order valence-electron chi connectivity index (χ2n) is 4.11. The van der Waals surface area contributed by atoms with E-state index < -0.39 is 0 Å². The van der Waals surface area contributed by atoms with E-state index in [2.05, 4.69) is 26.6 Å². The summed E-state index contributed by atoms with van der Waals surface area (Å²) in [5.74, 6) is -0.0665. The number of thioether (sulfide) groups is 1. The minimum atomic E-state index is -0.0665. The van der Waals surface area contributed by atoms with Crippen molar-refractivity contribution in [2.45, 2.75) is 4.90 Å². The van der Waals surface area contributed by atoms with E-state index in [1.54, 1.807) is 11.8 Å². The van der Waals surface area contributed by atoms with Crippen LogP contribution in [0.4, 0.5) is 11.4 Å². The van der Waals surface area contributed by atoms with Crippen LogP contribution < -0.4 is 10.6 Å². The van der Waals surface area contributed by atoms with Crippen LogP contribution >= 0.6 is 27.7 Å². The Morgan fingerprint density at radius 2 is 1.85 bits per heavy atom. The Morgan fingerprint density at radius 3 is 2.55 bits per heavy atom. The van der Waals surface area contributed by atoms with Crippen LogP contribution in [0.3, 0.4) is 0 Å². The lowest BCUT2D eigenvalue weighted by Crippen LogP contribution is -2.21. The molecule has 0 saturated heterocycles. The smallest absolute Gasteiger partial charge is 0.243 e. The monoisotopic (exact) mass is 350 g/mol. The van der Waals surface area contributed by atoms with Crippen molar-refractivity contribution in [3.05, 3.63) is 53.0 Å². The number of para-hydroxylation sites is 1. The Labute approximate surface area is 131 Å². The fraction of sp³-hybridized carbons (Fsp3) is 0.133. The number of carbonyl (C=O) groups excluding carboxylic acids is 1. The number of hydrogen-bond donors (Lipinski definition) is 2. The van der Waals surface area contributed by atoms with Gasteiger partial charge in [-0.15, -0.1) is 11.8 Å². The summed E-state index contributed by atoms with van der Waals surface area (Å²) in [6.07, 6.45) is 2.02. The van der Waals surface area contributed by atoms with Crippen molar-refractivity contribution >= 4 is 45.0 Å². The fourth-order valence-electron chi connectivity index (χ4n) is 1.70. The molecule has 5 heteroatoms. The molecule has 0 bridgehead atoms. The topological polar surface area (TPSA) is 41.1 Å². The third-order valence-corrected chi connectivity index (χ3v) is 4.00. The first-order valence-electron chi connectivity index (χ1n) is 6.11. The Bertz CT molecular complexity index is 587. The van der Waals surface area contributed by atoms with Crippen molar-refractivity contribution in [1.82, 2.24) is 0 Å². The van der Waals surface area contributed by atoms with Gasteiger partial charge in [0.1, 0.15) is 0 Å². The molecule has 0 aliphatic rings. The highest BCUT2D eigenvalue weighted by molar-refractivity contribution is 9.10. The van der Waals surface area contributed by atoms with Crippen LogP contribution in [0.1, 0.15) is 0 Å². The quantitative estimate of drug-likeness (QED) is 0.793. The minimum absolute atomic E-state index is 0.0665. The zero-order valence-electron chi connectivity index (χ0n) is 11.0. The predicted molar refractivity (Wildman–Crippen MR) is 89.5 cm³/mol. The van der Waals surface area contributed by atoms with E-state index in [1.165, 1.54) is 0 Å². The van der Waals surface area contributed by atoms with E-state index in [1.807, 2.05) is 54.8 Å². The highest BCUT2D eigenvalue weighted by Gasteiger charge is 2.04. The van der Waals surface area contributed by atoms with Crippen LogP contribution in [-0.2, 0) is 4.79 Å². The van der Waals surface area contributed by atoms with E-state index >= 15 is 0 Å². The first-order valence-corrected chi connectivity index (χ1v) is 8.13. The molecule has 2 aromatic carbocycles. The highest BCUT2D eigenvalue weighted by atomic mass is 79.9. The SMILES string of the molecule is CSc1ccccc1NCC(=O)Nc1ccc(Br)cc1. The molecule has 0 aliphatic carbocycles. The van der Waals surface area contributed by atoms with Crippen molar-refractivity contribution < 1.29 is 4.79 Å². The van der Waals surface area contributed by atoms with Crippen molar-refractivity contribution in [3.8, 4) is 0 Å². The van der Waals surface area contributed by atoms with Gasteiger partial charge in [-0.05, 0) is 42.7 Å². The van der Waals surface area contributed by atoms with Gasteiger partial charge in [0, 0.05) is 20.7 Å². The molecule has 0 heterocycles. The molecule has 20 heavy (non-hydrogen) atoms. The molecule has 1 amide bonds. The predicted octanol–water partition coefficient (Wildman–Crippen LogP) is 4.22. The zero-order chi connectivity index (χ0) is 14.4. The standard InChI is InChI=1S/C15H15BrN2OS/c1-20-14-5-3-2-4-13(14)17-10-15(19)18-12-8-6-11(16)7-9-12/h2-9,17H,10H2,1H3,(H,18,19). The number of benzene rings is 2. The second kappa shape index (κ2) is 7.36. The van der Waals surface area contributed by atoms with E-state index in [4.69, 9.17) is 0 Å². The Morgan fingerprint density at radius 1 is 1.15 bits per heavy atom. The summed E-state index contributed by atoms with van der Waals surface area (Å²) in [7, 11) is 0. The molecule has 0 radical (unpaired) electrons. The molecular formula is C15H15BrN2OS. The first-order chi connectivity index (χ1) is 9.69. The molecule has 3 nitrogen and oxygen atoms in total. The summed E-state index contributed by atoms with van der Waals surface area (Å²) in [6, 6.07) is 15.4. The van der Waals surface area contributed by atoms with Gasteiger partial charge in [0.15, 0.2) is 0 Å². The van der Waals surface area contributed by atoms with Crippen LogP contribution in [0.15, 0.2) is 57.9 Å². The summed E-state index contributed by atoms with van der Waals surface area (Å²) in [5.41, 5.74) is 1.77. The number of rotatable bonds is 5. The summed E-state index contributed by atoms with van der Waals surface area (Å²) in [6.45, 7) is 0.244. The summed E-state index contributed by atoms with van der Waals surface area (Å²) in [5, 5.41) is 6.00. The number of halogens is 1. The van der Waals surface area contributed by atoms with Crippen molar-refractivity contribution in [2.75, 3.05) is 23.4 Å². The van der Waals surface area contributed by atoms with Gasteiger partial charge >= 0.3 is 0 Å². The summed E-state index contributed by atoms with van der Waals surface area (Å²) >= 11 is 5.01. The maximum Gasteiger partial charge on any atom is 0.243 e. The molecule has 0 atom stereocenters. The largest absolute Gasteiger partial charge is 0.375 e. The maximum atomic E-state index is 11.9. The van der Waals surface area contributed by atoms with Crippen molar-refractivity contribution in [1.29, 1.82) is 0 Å². The van der Waals surface area contributed by atoms with E-state index in [0.29, 0.717) is 0 Å².